The van der Waals surface area contributed by atoms with E-state index in [4.69, 9.17) is 15.3 Å². The molecule has 0 aromatic carbocycles. The number of likely N-dealkylation sites (N-methyl/N-ethyl adjacent to an activating group) is 1. The molecule has 0 aliphatic heterocycles. The molecule has 1 atom stereocenters. The van der Waals surface area contributed by atoms with E-state index < -0.39 is 6.23 Å². The maximum atomic E-state index is 8.96. The minimum absolute atomic E-state index is 0.141. The van der Waals surface area contributed by atoms with E-state index in [0.29, 0.717) is 0 Å². The van der Waals surface area contributed by atoms with Gasteiger partial charge in [0.25, 0.3) is 0 Å². The van der Waals surface area contributed by atoms with Gasteiger partial charge < -0.3 is 15.3 Å². The highest BCUT2D eigenvalue weighted by molar-refractivity contribution is 4.65. The second kappa shape index (κ2) is 4.62. The van der Waals surface area contributed by atoms with E-state index in [9.17, 15) is 0 Å². The quantitative estimate of drug-likeness (QED) is 0.431. The van der Waals surface area contributed by atoms with E-state index in [-0.39, 0.29) is 19.3 Å². The molecule has 0 aliphatic carbocycles. The van der Waals surface area contributed by atoms with Gasteiger partial charge in [0.2, 0.25) is 0 Å². The van der Waals surface area contributed by atoms with Gasteiger partial charge in [0, 0.05) is 0 Å². The number of aliphatic hydroxyl groups is 3. The molecule has 10 heavy (non-hydrogen) atoms. The van der Waals surface area contributed by atoms with Gasteiger partial charge in [-0.3, -0.25) is 4.90 Å². The molecule has 62 valence electrons. The van der Waals surface area contributed by atoms with Crippen LogP contribution in [0, 0.1) is 0 Å². The van der Waals surface area contributed by atoms with Crippen LogP contribution in [-0.2, 0) is 0 Å². The Bertz CT molecular complexity index is 83.1. The van der Waals surface area contributed by atoms with Gasteiger partial charge in [0.05, 0.1) is 19.3 Å². The van der Waals surface area contributed by atoms with Crippen molar-refractivity contribution < 1.29 is 15.3 Å². The molecule has 0 amide bonds. The molecule has 0 aromatic heterocycles. The first-order valence-corrected chi connectivity index (χ1v) is 3.25. The van der Waals surface area contributed by atoms with Crippen molar-refractivity contribution >= 4 is 0 Å². The van der Waals surface area contributed by atoms with Gasteiger partial charge in [0.15, 0.2) is 0 Å². The monoisotopic (exact) mass is 149 g/mol. The Morgan fingerprint density at radius 2 is 1.70 bits per heavy atom. The minimum Gasteiger partial charge on any atom is -0.395 e. The molecular formula is C6H15NO3. The highest BCUT2D eigenvalue weighted by atomic mass is 16.3. The van der Waals surface area contributed by atoms with Crippen LogP contribution in [0.1, 0.15) is 6.92 Å². The first-order chi connectivity index (χ1) is 4.63. The van der Waals surface area contributed by atoms with Crippen LogP contribution in [0.5, 0.6) is 0 Å². The Kier molecular flexibility index (Phi) is 4.55. The van der Waals surface area contributed by atoms with Crippen LogP contribution in [0.2, 0.25) is 0 Å². The summed E-state index contributed by atoms with van der Waals surface area (Å²) < 4.78 is 0. The molecular weight excluding hydrogens is 134 g/mol. The van der Waals surface area contributed by atoms with Crippen molar-refractivity contribution in [1.29, 1.82) is 0 Å². The number of hydrogen-bond acceptors (Lipinski definition) is 4. The second-order valence-corrected chi connectivity index (χ2v) is 2.32. The SMILES string of the molecule is CC(O)N(C)C(CO)CO. The van der Waals surface area contributed by atoms with Crippen LogP contribution < -0.4 is 0 Å². The van der Waals surface area contributed by atoms with Crippen LogP contribution in [0.25, 0.3) is 0 Å². The summed E-state index contributed by atoms with van der Waals surface area (Å²) in [5.41, 5.74) is 0. The van der Waals surface area contributed by atoms with Gasteiger partial charge in [-0.05, 0) is 14.0 Å². The topological polar surface area (TPSA) is 63.9 Å². The molecule has 0 aromatic rings. The smallest absolute Gasteiger partial charge is 0.104 e. The van der Waals surface area contributed by atoms with Crippen LogP contribution in [-0.4, -0.2) is 52.8 Å². The van der Waals surface area contributed by atoms with E-state index in [1.807, 2.05) is 0 Å². The summed E-state index contributed by atoms with van der Waals surface area (Å²) in [6.45, 7) is 1.30. The molecule has 0 saturated heterocycles. The van der Waals surface area contributed by atoms with Crippen molar-refractivity contribution in [3.05, 3.63) is 0 Å². The Morgan fingerprint density at radius 1 is 1.30 bits per heavy atom. The van der Waals surface area contributed by atoms with Crippen LogP contribution in [0.15, 0.2) is 0 Å². The van der Waals surface area contributed by atoms with Crippen molar-refractivity contribution in [3.63, 3.8) is 0 Å². The zero-order valence-electron chi connectivity index (χ0n) is 6.36. The lowest BCUT2D eigenvalue weighted by atomic mass is 10.3. The summed E-state index contributed by atoms with van der Waals surface area (Å²) in [4.78, 5) is 1.50. The average Bonchev–Trinajstić information content (AvgIpc) is 1.90. The fourth-order valence-corrected chi connectivity index (χ4v) is 0.620. The molecule has 0 aliphatic rings. The zero-order chi connectivity index (χ0) is 8.15. The van der Waals surface area contributed by atoms with Crippen molar-refractivity contribution in [1.82, 2.24) is 4.90 Å². The molecule has 0 radical (unpaired) electrons. The van der Waals surface area contributed by atoms with Crippen LogP contribution >= 0.6 is 0 Å². The summed E-state index contributed by atoms with van der Waals surface area (Å²) in [5, 5.41) is 26.2. The van der Waals surface area contributed by atoms with Crippen LogP contribution in [0.4, 0.5) is 0 Å². The van der Waals surface area contributed by atoms with Gasteiger partial charge in [-0.15, -0.1) is 0 Å². The Hall–Kier alpha value is -0.160. The molecule has 0 rings (SSSR count). The molecule has 0 spiro atoms. The fraction of sp³-hybridized carbons (Fsp3) is 1.00. The highest BCUT2D eigenvalue weighted by Crippen LogP contribution is 1.97. The summed E-state index contributed by atoms with van der Waals surface area (Å²) in [7, 11) is 1.64. The Morgan fingerprint density at radius 3 is 1.80 bits per heavy atom. The number of rotatable bonds is 4. The first kappa shape index (κ1) is 9.84. The molecule has 4 heteroatoms. The molecule has 3 N–H and O–H groups in total. The lowest BCUT2D eigenvalue weighted by molar-refractivity contribution is -0.0255. The molecule has 0 fully saturated rings. The van der Waals surface area contributed by atoms with Gasteiger partial charge in [-0.2, -0.15) is 0 Å². The van der Waals surface area contributed by atoms with Gasteiger partial charge in [-0.1, -0.05) is 0 Å². The third-order valence-corrected chi connectivity index (χ3v) is 1.59. The third-order valence-electron chi connectivity index (χ3n) is 1.59. The Labute approximate surface area is 60.7 Å². The Balaban J connectivity index is 3.76. The number of nitrogens with zero attached hydrogens (tertiary/aromatic N) is 1. The van der Waals surface area contributed by atoms with Crippen molar-refractivity contribution in [3.8, 4) is 0 Å². The molecule has 0 bridgehead atoms. The highest BCUT2D eigenvalue weighted by Gasteiger charge is 2.15. The van der Waals surface area contributed by atoms with Gasteiger partial charge in [-0.25, -0.2) is 0 Å². The third kappa shape index (κ3) is 2.62. The maximum Gasteiger partial charge on any atom is 0.104 e. The van der Waals surface area contributed by atoms with E-state index >= 15 is 0 Å². The first-order valence-electron chi connectivity index (χ1n) is 3.25. The molecule has 0 saturated carbocycles. The summed E-state index contributed by atoms with van der Waals surface area (Å²) >= 11 is 0. The minimum atomic E-state index is -0.635. The van der Waals surface area contributed by atoms with E-state index in [2.05, 4.69) is 0 Å². The number of aliphatic hydroxyl groups excluding tert-OH is 3. The fourth-order valence-electron chi connectivity index (χ4n) is 0.620. The normalized spacial score (nSPS) is 14.7. The second-order valence-electron chi connectivity index (χ2n) is 2.32. The maximum absolute atomic E-state index is 8.96. The molecule has 4 nitrogen and oxygen atoms in total. The summed E-state index contributed by atoms with van der Waals surface area (Å²) in [5.74, 6) is 0. The number of hydrogen-bond donors (Lipinski definition) is 3. The largest absolute Gasteiger partial charge is 0.395 e. The van der Waals surface area contributed by atoms with Crippen molar-refractivity contribution in [2.75, 3.05) is 20.3 Å². The predicted molar refractivity (Wildman–Crippen MR) is 37.4 cm³/mol. The average molecular weight is 149 g/mol. The summed E-state index contributed by atoms with van der Waals surface area (Å²) in [6, 6.07) is -0.361. The zero-order valence-corrected chi connectivity index (χ0v) is 6.36. The lowest BCUT2D eigenvalue weighted by Gasteiger charge is -2.26. The standard InChI is InChI=1S/C6H15NO3/c1-5(10)7(2)6(3-8)4-9/h5-6,8-10H,3-4H2,1-2H3. The van der Waals surface area contributed by atoms with Gasteiger partial charge in [0.1, 0.15) is 6.23 Å². The van der Waals surface area contributed by atoms with Gasteiger partial charge >= 0.3 is 0 Å². The van der Waals surface area contributed by atoms with E-state index in [1.165, 1.54) is 4.90 Å². The molecule has 0 heterocycles. The van der Waals surface area contributed by atoms with Crippen LogP contribution in [0.3, 0.4) is 0 Å². The van der Waals surface area contributed by atoms with Crippen molar-refractivity contribution in [2.24, 2.45) is 0 Å². The van der Waals surface area contributed by atoms with Crippen molar-refractivity contribution in [2.45, 2.75) is 19.2 Å². The molecule has 1 unspecified atom stereocenters. The van der Waals surface area contributed by atoms with E-state index in [0.717, 1.165) is 0 Å². The summed E-state index contributed by atoms with van der Waals surface area (Å²) in [6.07, 6.45) is -0.635. The predicted octanol–water partition coefficient (Wildman–Crippen LogP) is -1.39. The van der Waals surface area contributed by atoms with E-state index in [1.54, 1.807) is 14.0 Å². The lowest BCUT2D eigenvalue weighted by Crippen LogP contribution is -2.43.